The second kappa shape index (κ2) is 6.92. The molecule has 0 aliphatic heterocycles. The molecule has 0 fully saturated rings. The molecule has 0 aliphatic carbocycles. The van der Waals surface area contributed by atoms with Gasteiger partial charge in [-0.15, -0.1) is 11.1 Å². The van der Waals surface area contributed by atoms with Crippen molar-refractivity contribution in [2.24, 2.45) is 0 Å². The Kier molecular flexibility index (Phi) is 5.71. The molecule has 114 valence electrons. The fourth-order valence-electron chi connectivity index (χ4n) is 1.41. The third kappa shape index (κ3) is 6.71. The van der Waals surface area contributed by atoms with Crippen molar-refractivity contribution >= 4 is 27.7 Å². The Balaban J connectivity index is 2.91. The van der Waals surface area contributed by atoms with Crippen LogP contribution in [0.2, 0.25) is 39.3 Å². The summed E-state index contributed by atoms with van der Waals surface area (Å²) in [5.41, 5.74) is 7.13. The first kappa shape index (κ1) is 18.2. The molecule has 0 bridgehead atoms. The number of hydrogen-bond acceptors (Lipinski definition) is 2. The van der Waals surface area contributed by atoms with Crippen LogP contribution in [0.3, 0.4) is 0 Å². The number of Topliss-reactive ketones (excluding diaryl/α,β-unsaturated/α-hetero) is 2. The summed E-state index contributed by atoms with van der Waals surface area (Å²) >= 11 is 0. The van der Waals surface area contributed by atoms with Gasteiger partial charge in [-0.25, -0.2) is 0 Å². The largest absolute Gasteiger partial charge is 0.279 e. The Bertz CT molecular complexity index is 631. The Hall–Kier alpha value is -1.89. The maximum atomic E-state index is 12.0. The standard InChI is InChI=1S/C18H22O2Si2/c1-21(2,3)13-11-17(19)15-7-9-16(10-8-15)18(20)12-14-22(4,5)6/h7-10H,1-6H3. The van der Waals surface area contributed by atoms with Crippen LogP contribution in [0.1, 0.15) is 20.7 Å². The van der Waals surface area contributed by atoms with Crippen LogP contribution in [0.25, 0.3) is 0 Å². The first-order valence-electron chi connectivity index (χ1n) is 7.23. The maximum Gasteiger partial charge on any atom is 0.235 e. The van der Waals surface area contributed by atoms with Gasteiger partial charge >= 0.3 is 0 Å². The molecule has 1 aromatic rings. The van der Waals surface area contributed by atoms with Crippen molar-refractivity contribution in [3.63, 3.8) is 0 Å². The number of carbonyl (C=O) groups excluding carboxylic acids is 2. The molecule has 1 aromatic carbocycles. The van der Waals surface area contributed by atoms with E-state index >= 15 is 0 Å². The number of ketones is 2. The average molecular weight is 327 g/mol. The monoisotopic (exact) mass is 326 g/mol. The zero-order valence-electron chi connectivity index (χ0n) is 14.1. The smallest absolute Gasteiger partial charge is 0.235 e. The van der Waals surface area contributed by atoms with Crippen LogP contribution in [-0.4, -0.2) is 27.7 Å². The molecule has 22 heavy (non-hydrogen) atoms. The quantitative estimate of drug-likeness (QED) is 0.470. The minimum Gasteiger partial charge on any atom is -0.279 e. The molecule has 2 nitrogen and oxygen atoms in total. The first-order chi connectivity index (χ1) is 9.98. The van der Waals surface area contributed by atoms with Gasteiger partial charge in [-0.3, -0.25) is 9.59 Å². The molecule has 0 spiro atoms. The molecule has 0 aliphatic rings. The van der Waals surface area contributed by atoms with Gasteiger partial charge in [-0.05, 0) is 36.1 Å². The highest BCUT2D eigenvalue weighted by Gasteiger charge is 2.11. The highest BCUT2D eigenvalue weighted by atomic mass is 28.3. The van der Waals surface area contributed by atoms with Crippen molar-refractivity contribution in [2.75, 3.05) is 0 Å². The van der Waals surface area contributed by atoms with Crippen LogP contribution in [0.5, 0.6) is 0 Å². The Labute approximate surface area is 135 Å². The van der Waals surface area contributed by atoms with E-state index in [0.29, 0.717) is 11.1 Å². The van der Waals surface area contributed by atoms with Crippen molar-refractivity contribution in [1.29, 1.82) is 0 Å². The number of hydrogen-bond donors (Lipinski definition) is 0. The Morgan fingerprint density at radius 1 is 0.682 bits per heavy atom. The highest BCUT2D eigenvalue weighted by molar-refractivity contribution is 6.84. The molecule has 0 aromatic heterocycles. The zero-order valence-corrected chi connectivity index (χ0v) is 16.1. The van der Waals surface area contributed by atoms with E-state index in [9.17, 15) is 9.59 Å². The summed E-state index contributed by atoms with van der Waals surface area (Å²) in [6, 6.07) is 6.57. The minimum atomic E-state index is -1.56. The van der Waals surface area contributed by atoms with Crippen LogP contribution in [0.4, 0.5) is 0 Å². The van der Waals surface area contributed by atoms with Gasteiger partial charge in [0, 0.05) is 11.1 Å². The van der Waals surface area contributed by atoms with Crippen molar-refractivity contribution in [1.82, 2.24) is 0 Å². The van der Waals surface area contributed by atoms with Gasteiger partial charge in [0.25, 0.3) is 0 Å². The molecule has 4 heteroatoms. The fourth-order valence-corrected chi connectivity index (χ4v) is 2.38. The molecule has 1 rings (SSSR count). The molecule has 0 heterocycles. The molecule has 0 atom stereocenters. The molecular weight excluding hydrogens is 304 g/mol. The molecule has 0 radical (unpaired) electrons. The van der Waals surface area contributed by atoms with Crippen LogP contribution in [0, 0.1) is 22.9 Å². The number of carbonyl (C=O) groups is 2. The van der Waals surface area contributed by atoms with E-state index in [4.69, 9.17) is 0 Å². The Morgan fingerprint density at radius 2 is 0.955 bits per heavy atom. The summed E-state index contributed by atoms with van der Waals surface area (Å²) in [7, 11) is -3.12. The summed E-state index contributed by atoms with van der Waals surface area (Å²) in [6.45, 7) is 12.5. The van der Waals surface area contributed by atoms with Crippen LogP contribution >= 0.6 is 0 Å². The Morgan fingerprint density at radius 3 is 1.18 bits per heavy atom. The fraction of sp³-hybridized carbons (Fsp3) is 0.333. The van der Waals surface area contributed by atoms with Crippen molar-refractivity contribution < 1.29 is 9.59 Å². The summed E-state index contributed by atoms with van der Waals surface area (Å²) in [6.07, 6.45) is 0. The van der Waals surface area contributed by atoms with E-state index in [2.05, 4.69) is 62.2 Å². The second-order valence-electron chi connectivity index (χ2n) is 7.24. The molecule has 0 saturated heterocycles. The van der Waals surface area contributed by atoms with Gasteiger partial charge in [-0.1, -0.05) is 39.3 Å². The third-order valence-corrected chi connectivity index (χ3v) is 4.26. The van der Waals surface area contributed by atoms with E-state index in [0.717, 1.165) is 0 Å². The lowest BCUT2D eigenvalue weighted by Crippen LogP contribution is -2.17. The highest BCUT2D eigenvalue weighted by Crippen LogP contribution is 2.07. The lowest BCUT2D eigenvalue weighted by molar-refractivity contribution is 0.104. The van der Waals surface area contributed by atoms with Gasteiger partial charge in [-0.2, -0.15) is 0 Å². The molecular formula is C18H22O2Si2. The summed E-state index contributed by atoms with van der Waals surface area (Å²) in [4.78, 5) is 23.9. The van der Waals surface area contributed by atoms with E-state index in [-0.39, 0.29) is 11.6 Å². The minimum absolute atomic E-state index is 0.199. The van der Waals surface area contributed by atoms with E-state index in [1.165, 1.54) is 0 Å². The van der Waals surface area contributed by atoms with Crippen molar-refractivity contribution in [3.05, 3.63) is 35.4 Å². The predicted molar refractivity (Wildman–Crippen MR) is 97.3 cm³/mol. The van der Waals surface area contributed by atoms with Gasteiger partial charge < -0.3 is 0 Å². The molecule has 0 N–H and O–H groups in total. The third-order valence-electron chi connectivity index (χ3n) is 2.51. The predicted octanol–water partition coefficient (Wildman–Crippen LogP) is 3.81. The van der Waals surface area contributed by atoms with Crippen molar-refractivity contribution in [3.8, 4) is 22.9 Å². The topological polar surface area (TPSA) is 34.1 Å². The molecule has 0 amide bonds. The maximum absolute atomic E-state index is 12.0. The first-order valence-corrected chi connectivity index (χ1v) is 14.2. The van der Waals surface area contributed by atoms with E-state index in [1.54, 1.807) is 24.3 Å². The van der Waals surface area contributed by atoms with Gasteiger partial charge in [0.2, 0.25) is 11.6 Å². The van der Waals surface area contributed by atoms with Crippen LogP contribution in [-0.2, 0) is 0 Å². The van der Waals surface area contributed by atoms with E-state index < -0.39 is 16.1 Å². The molecule has 0 unspecified atom stereocenters. The number of rotatable bonds is 2. The average Bonchev–Trinajstić information content (AvgIpc) is 2.40. The van der Waals surface area contributed by atoms with Gasteiger partial charge in [0.15, 0.2) is 0 Å². The summed E-state index contributed by atoms with van der Waals surface area (Å²) in [5.74, 6) is 5.00. The lowest BCUT2D eigenvalue weighted by atomic mass is 10.1. The van der Waals surface area contributed by atoms with Crippen LogP contribution in [0.15, 0.2) is 24.3 Å². The molecule has 0 saturated carbocycles. The SMILES string of the molecule is C[Si](C)(C)C#CC(=O)c1ccc(C(=O)C#C[Si](C)(C)C)cc1. The van der Waals surface area contributed by atoms with Gasteiger partial charge in [0.05, 0.1) is 0 Å². The normalized spacial score (nSPS) is 10.8. The lowest BCUT2D eigenvalue weighted by Gasteiger charge is -2.03. The van der Waals surface area contributed by atoms with Crippen molar-refractivity contribution in [2.45, 2.75) is 39.3 Å². The second-order valence-corrected chi connectivity index (χ2v) is 16.7. The van der Waals surface area contributed by atoms with Gasteiger partial charge in [0.1, 0.15) is 16.1 Å². The van der Waals surface area contributed by atoms with Crippen LogP contribution < -0.4 is 0 Å². The zero-order chi connectivity index (χ0) is 17.0. The van der Waals surface area contributed by atoms with E-state index in [1.807, 2.05) is 0 Å². The number of benzene rings is 1. The summed E-state index contributed by atoms with van der Waals surface area (Å²) < 4.78 is 0. The summed E-state index contributed by atoms with van der Waals surface area (Å²) in [5, 5.41) is 0.